The second-order valence-corrected chi connectivity index (χ2v) is 14.4. The van der Waals surface area contributed by atoms with E-state index in [0.29, 0.717) is 12.0 Å². The minimum atomic E-state index is -1.19. The van der Waals surface area contributed by atoms with Gasteiger partial charge >= 0.3 is 5.97 Å². The van der Waals surface area contributed by atoms with Crippen LogP contribution in [0.4, 0.5) is 11.4 Å². The molecule has 2 aliphatic carbocycles. The van der Waals surface area contributed by atoms with Crippen LogP contribution in [0.25, 0.3) is 26.3 Å². The van der Waals surface area contributed by atoms with Crippen LogP contribution in [0.1, 0.15) is 73.8 Å². The first-order chi connectivity index (χ1) is 21.1. The van der Waals surface area contributed by atoms with E-state index in [-0.39, 0.29) is 5.57 Å². The summed E-state index contributed by atoms with van der Waals surface area (Å²) in [5.41, 5.74) is 6.67. The molecule has 218 valence electrons. The van der Waals surface area contributed by atoms with Gasteiger partial charge in [0.15, 0.2) is 0 Å². The molecule has 43 heavy (non-hydrogen) atoms. The van der Waals surface area contributed by atoms with Crippen LogP contribution in [-0.2, 0) is 11.2 Å². The Morgan fingerprint density at radius 1 is 1.00 bits per heavy atom. The normalized spacial score (nSPS) is 22.0. The van der Waals surface area contributed by atoms with Crippen LogP contribution in [-0.4, -0.2) is 17.1 Å². The molecule has 0 spiro atoms. The molecule has 1 aliphatic heterocycles. The predicted octanol–water partition coefficient (Wildman–Crippen LogP) is 10.3. The first-order valence-electron chi connectivity index (χ1n) is 15.6. The zero-order chi connectivity index (χ0) is 29.5. The molecule has 0 amide bonds. The van der Waals surface area contributed by atoms with Crippen LogP contribution in [0.5, 0.6) is 0 Å². The number of anilines is 2. The van der Waals surface area contributed by atoms with Gasteiger partial charge in [0.25, 0.3) is 0 Å². The topological polar surface area (TPSA) is 64.3 Å². The van der Waals surface area contributed by atoms with Gasteiger partial charge in [-0.1, -0.05) is 50.5 Å². The van der Waals surface area contributed by atoms with E-state index in [9.17, 15) is 15.2 Å². The number of aliphatic carboxylic acids is 1. The summed E-state index contributed by atoms with van der Waals surface area (Å²) >= 11 is 3.42. The number of thiophene rings is 2. The van der Waals surface area contributed by atoms with E-state index in [0.717, 1.165) is 34.4 Å². The van der Waals surface area contributed by atoms with Crippen molar-refractivity contribution in [2.75, 3.05) is 4.90 Å². The molecule has 0 radical (unpaired) electrons. The van der Waals surface area contributed by atoms with Gasteiger partial charge in [-0.15, -0.1) is 22.7 Å². The van der Waals surface area contributed by atoms with E-state index in [1.54, 1.807) is 17.4 Å². The number of aryl methyl sites for hydroxylation is 1. The zero-order valence-electron chi connectivity index (χ0n) is 24.5. The van der Waals surface area contributed by atoms with Crippen molar-refractivity contribution in [1.82, 2.24) is 0 Å². The lowest BCUT2D eigenvalue weighted by molar-refractivity contribution is -0.132. The number of benzene rings is 2. The van der Waals surface area contributed by atoms with Crippen molar-refractivity contribution in [3.8, 4) is 26.3 Å². The number of carboxylic acids is 1. The monoisotopic (exact) mass is 604 g/mol. The van der Waals surface area contributed by atoms with Crippen molar-refractivity contribution < 1.29 is 9.90 Å². The average Bonchev–Trinajstić information content (AvgIpc) is 3.85. The maximum Gasteiger partial charge on any atom is 0.346 e. The Kier molecular flexibility index (Phi) is 7.71. The van der Waals surface area contributed by atoms with Crippen LogP contribution < -0.4 is 4.90 Å². The number of unbranched alkanes of at least 4 members (excludes halogenated alkanes) is 3. The maximum absolute atomic E-state index is 11.4. The quantitative estimate of drug-likeness (QED) is 0.111. The van der Waals surface area contributed by atoms with E-state index in [1.165, 1.54) is 82.4 Å². The fraction of sp³-hybridized carbons (Fsp3) is 0.351. The number of nitrogens with zero attached hydrogens (tertiary/aromatic N) is 2. The number of hydrogen-bond acceptors (Lipinski definition) is 5. The second kappa shape index (κ2) is 11.8. The highest BCUT2D eigenvalue weighted by Gasteiger charge is 2.55. The maximum atomic E-state index is 11.4. The van der Waals surface area contributed by atoms with Gasteiger partial charge in [-0.2, -0.15) is 5.26 Å². The second-order valence-electron chi connectivity index (χ2n) is 12.3. The third-order valence-electron chi connectivity index (χ3n) is 9.73. The van der Waals surface area contributed by atoms with Gasteiger partial charge in [-0.05, 0) is 109 Å². The fourth-order valence-electron chi connectivity index (χ4n) is 7.87. The molecule has 7 rings (SSSR count). The van der Waals surface area contributed by atoms with Gasteiger partial charge in [0.1, 0.15) is 11.6 Å². The number of carbonyl (C=O) groups is 1. The molecule has 2 aromatic heterocycles. The molecule has 3 aliphatic rings. The minimum absolute atomic E-state index is 0.235. The summed E-state index contributed by atoms with van der Waals surface area (Å²) in [5, 5.41) is 18.6. The zero-order valence-corrected chi connectivity index (χ0v) is 26.1. The summed E-state index contributed by atoms with van der Waals surface area (Å²) in [7, 11) is 0. The van der Waals surface area contributed by atoms with Crippen LogP contribution in [0.3, 0.4) is 0 Å². The third-order valence-corrected chi connectivity index (χ3v) is 12.2. The molecule has 3 heterocycles. The largest absolute Gasteiger partial charge is 0.477 e. The average molecular weight is 605 g/mol. The van der Waals surface area contributed by atoms with Gasteiger partial charge < -0.3 is 10.0 Å². The first kappa shape index (κ1) is 28.1. The van der Waals surface area contributed by atoms with Gasteiger partial charge in [0, 0.05) is 42.8 Å². The number of para-hydroxylation sites is 1. The number of nitriles is 1. The lowest BCUT2D eigenvalue weighted by Crippen LogP contribution is -2.35. The van der Waals surface area contributed by atoms with E-state index in [4.69, 9.17) is 0 Å². The minimum Gasteiger partial charge on any atom is -0.477 e. The highest BCUT2D eigenvalue weighted by Crippen LogP contribution is 2.62. The van der Waals surface area contributed by atoms with E-state index >= 15 is 0 Å². The number of rotatable bonds is 10. The first-order valence-corrected chi connectivity index (χ1v) is 17.3. The molecule has 2 bridgehead atoms. The molecule has 4 aromatic rings. The molecular formula is C37H36N2O2S2. The molecule has 6 heteroatoms. The smallest absolute Gasteiger partial charge is 0.346 e. The summed E-state index contributed by atoms with van der Waals surface area (Å²) in [6.45, 7) is 2.24. The van der Waals surface area contributed by atoms with Crippen molar-refractivity contribution in [3.05, 3.63) is 88.3 Å². The Hall–Kier alpha value is -3.66. The van der Waals surface area contributed by atoms with Gasteiger partial charge in [0.05, 0.1) is 0 Å². The molecule has 4 unspecified atom stereocenters. The van der Waals surface area contributed by atoms with Crippen molar-refractivity contribution >= 4 is 46.1 Å². The fourth-order valence-corrected chi connectivity index (χ4v) is 10.2. The van der Waals surface area contributed by atoms with Gasteiger partial charge in [-0.3, -0.25) is 0 Å². The lowest BCUT2D eigenvalue weighted by Gasteiger charge is -2.33. The Labute approximate surface area is 261 Å². The summed E-state index contributed by atoms with van der Waals surface area (Å²) < 4.78 is 0. The molecule has 2 saturated carbocycles. The third kappa shape index (κ3) is 5.13. The Balaban J connectivity index is 1.26. The van der Waals surface area contributed by atoms with Crippen LogP contribution in [0.15, 0.2) is 72.3 Å². The van der Waals surface area contributed by atoms with Crippen LogP contribution in [0.2, 0.25) is 0 Å². The highest BCUT2D eigenvalue weighted by atomic mass is 32.1. The summed E-state index contributed by atoms with van der Waals surface area (Å²) in [6, 6.07) is 27.0. The molecule has 2 aromatic carbocycles. The standard InChI is InChI=1S/C37H36N2O2S2/c1-2-3-4-6-9-26-21-33(43-36(26)32-17-15-29(42-32)19-27(22-38)37(40)41)23-14-16-31-30(20-23)34-24-12-13-25(18-24)35(34)39(31)28-10-7-5-8-11-28/h5,7-8,10-11,14-17,19-21,24-25,34-35H,2-4,6,9,12-13,18H2,1H3,(H,40,41)/b27-19+. The highest BCUT2D eigenvalue weighted by molar-refractivity contribution is 7.24. The van der Waals surface area contributed by atoms with Crippen LogP contribution in [0, 0.1) is 23.2 Å². The Morgan fingerprint density at radius 3 is 2.63 bits per heavy atom. The molecule has 2 fully saturated rings. The van der Waals surface area contributed by atoms with Gasteiger partial charge in [-0.25, -0.2) is 4.79 Å². The van der Waals surface area contributed by atoms with Gasteiger partial charge in [0.2, 0.25) is 0 Å². The van der Waals surface area contributed by atoms with E-state index in [1.807, 2.05) is 17.4 Å². The van der Waals surface area contributed by atoms with Crippen LogP contribution >= 0.6 is 22.7 Å². The van der Waals surface area contributed by atoms with Crippen molar-refractivity contribution in [1.29, 1.82) is 5.26 Å². The molecule has 4 nitrogen and oxygen atoms in total. The molecule has 4 atom stereocenters. The Morgan fingerprint density at radius 2 is 1.84 bits per heavy atom. The molecular weight excluding hydrogens is 569 g/mol. The number of hydrogen-bond donors (Lipinski definition) is 1. The molecule has 1 N–H and O–H groups in total. The lowest BCUT2D eigenvalue weighted by atomic mass is 9.81. The predicted molar refractivity (Wildman–Crippen MR) is 178 cm³/mol. The summed E-state index contributed by atoms with van der Waals surface area (Å²) in [4.78, 5) is 18.6. The van der Waals surface area contributed by atoms with Crippen molar-refractivity contribution in [2.45, 2.75) is 70.3 Å². The number of fused-ring (bicyclic) bond motifs is 7. The summed E-state index contributed by atoms with van der Waals surface area (Å²) in [5.74, 6) is 0.982. The van der Waals surface area contributed by atoms with E-state index in [2.05, 4.69) is 72.5 Å². The molecule has 0 saturated heterocycles. The van der Waals surface area contributed by atoms with Crippen molar-refractivity contribution in [3.63, 3.8) is 0 Å². The van der Waals surface area contributed by atoms with E-state index < -0.39 is 5.97 Å². The van der Waals surface area contributed by atoms with Crippen molar-refractivity contribution in [2.24, 2.45) is 11.8 Å². The Bertz CT molecular complexity index is 1730. The number of carboxylic acid groups (broad SMARTS) is 1. The SMILES string of the molecule is CCCCCCc1cc(-c2ccc3c(c2)C2C4CCC(C4)C2N3c2ccccc2)sc1-c1ccc(/C=C(\C#N)C(=O)O)s1. The summed E-state index contributed by atoms with van der Waals surface area (Å²) in [6.07, 6.45) is 11.4.